The van der Waals surface area contributed by atoms with Gasteiger partial charge in [-0.1, -0.05) is 17.7 Å². The summed E-state index contributed by atoms with van der Waals surface area (Å²) in [7, 11) is 0. The Kier molecular flexibility index (Phi) is 8.59. The van der Waals surface area contributed by atoms with E-state index in [9.17, 15) is 0 Å². The fraction of sp³-hybridized carbons (Fsp3) is 0.167. The van der Waals surface area contributed by atoms with Gasteiger partial charge in [0.25, 0.3) is 0 Å². The van der Waals surface area contributed by atoms with Gasteiger partial charge in [0.1, 0.15) is 0 Å². The molecule has 2 rings (SSSR count). The molecule has 0 aliphatic heterocycles. The third-order valence-electron chi connectivity index (χ3n) is 1.82. The standard InChI is InChI=1S/C7H7Cl2N.C5H5.V/c1-6-2-4-7(5-3-6)10(8)9;1-2-4-5-3-1;/h2-5H,1H3;1-3H,4H2;/q;-1;. The van der Waals surface area contributed by atoms with Crippen molar-refractivity contribution >= 4 is 29.2 Å². The van der Waals surface area contributed by atoms with Crippen LogP contribution in [-0.4, -0.2) is 0 Å². The topological polar surface area (TPSA) is 3.24 Å². The van der Waals surface area contributed by atoms with Gasteiger partial charge in [-0.25, -0.2) is 12.2 Å². The maximum absolute atomic E-state index is 5.45. The van der Waals surface area contributed by atoms with E-state index in [1.807, 2.05) is 43.3 Å². The maximum atomic E-state index is 5.45. The third-order valence-corrected chi connectivity index (χ3v) is 2.21. The normalized spacial score (nSPS) is 11.4. The van der Waals surface area contributed by atoms with Crippen LogP contribution in [0.4, 0.5) is 5.69 Å². The van der Waals surface area contributed by atoms with E-state index < -0.39 is 0 Å². The quantitative estimate of drug-likeness (QED) is 0.547. The summed E-state index contributed by atoms with van der Waals surface area (Å²) in [6.07, 6.45) is 10.0. The Labute approximate surface area is 119 Å². The minimum Gasteiger partial charge on any atom is -0.273 e. The molecule has 16 heavy (non-hydrogen) atoms. The second kappa shape index (κ2) is 8.78. The average molecular weight is 292 g/mol. The van der Waals surface area contributed by atoms with Crippen molar-refractivity contribution in [3.8, 4) is 0 Å². The van der Waals surface area contributed by atoms with Gasteiger partial charge in [0.2, 0.25) is 0 Å². The van der Waals surface area contributed by atoms with Crippen molar-refractivity contribution in [1.29, 1.82) is 0 Å². The van der Waals surface area contributed by atoms with Crippen LogP contribution >= 0.6 is 23.6 Å². The predicted molar refractivity (Wildman–Crippen MR) is 66.9 cm³/mol. The fourth-order valence-electron chi connectivity index (χ4n) is 0.998. The van der Waals surface area contributed by atoms with Gasteiger partial charge in [-0.2, -0.15) is 10.0 Å². The first-order valence-electron chi connectivity index (χ1n) is 4.60. The molecule has 1 aliphatic rings. The molecular formula is C12H12Cl2NV-. The molecule has 1 aromatic carbocycles. The molecule has 0 saturated carbocycles. The summed E-state index contributed by atoms with van der Waals surface area (Å²) in [6.45, 7) is 2.01. The average Bonchev–Trinajstić information content (AvgIpc) is 2.76. The van der Waals surface area contributed by atoms with Crippen LogP contribution in [0.2, 0.25) is 0 Å². The van der Waals surface area contributed by atoms with E-state index >= 15 is 0 Å². The van der Waals surface area contributed by atoms with Crippen molar-refractivity contribution in [3.63, 3.8) is 0 Å². The van der Waals surface area contributed by atoms with Crippen LogP contribution in [0.3, 0.4) is 0 Å². The van der Waals surface area contributed by atoms with E-state index in [0.717, 1.165) is 16.0 Å². The molecule has 0 heterocycles. The largest absolute Gasteiger partial charge is 0.273 e. The van der Waals surface area contributed by atoms with Crippen LogP contribution in [0.5, 0.6) is 0 Å². The summed E-state index contributed by atoms with van der Waals surface area (Å²) < 4.78 is 1.04. The van der Waals surface area contributed by atoms with Crippen LogP contribution in [-0.2, 0) is 18.6 Å². The summed E-state index contributed by atoms with van der Waals surface area (Å²) in [5, 5.41) is 0. The van der Waals surface area contributed by atoms with Gasteiger partial charge in [0.05, 0.1) is 5.69 Å². The second-order valence-electron chi connectivity index (χ2n) is 3.07. The number of aryl methyl sites for hydroxylation is 1. The Hall–Kier alpha value is -0.336. The van der Waals surface area contributed by atoms with E-state index in [1.165, 1.54) is 5.56 Å². The first kappa shape index (κ1) is 15.7. The van der Waals surface area contributed by atoms with Crippen molar-refractivity contribution in [1.82, 2.24) is 0 Å². The number of hydrogen-bond acceptors (Lipinski definition) is 1. The first-order valence-corrected chi connectivity index (χ1v) is 5.28. The van der Waals surface area contributed by atoms with Crippen LogP contribution in [0.1, 0.15) is 12.0 Å². The van der Waals surface area contributed by atoms with Crippen molar-refractivity contribution in [3.05, 3.63) is 54.1 Å². The second-order valence-corrected chi connectivity index (χ2v) is 3.92. The van der Waals surface area contributed by atoms with Gasteiger partial charge in [-0.3, -0.25) is 6.08 Å². The molecular weight excluding hydrogens is 280 g/mol. The zero-order chi connectivity index (χ0) is 11.1. The Morgan fingerprint density at radius 3 is 2.12 bits per heavy atom. The smallest absolute Gasteiger partial charge is 0.0710 e. The van der Waals surface area contributed by atoms with Crippen molar-refractivity contribution < 1.29 is 18.6 Å². The number of nitrogens with zero attached hydrogens (tertiary/aromatic N) is 1. The van der Waals surface area contributed by atoms with E-state index in [2.05, 4.69) is 12.2 Å². The minimum absolute atomic E-state index is 0. The number of allylic oxidation sites excluding steroid dienone is 4. The minimum atomic E-state index is 0. The SMILES string of the molecule is Cc1ccc(N(Cl)Cl)cc1.[C-]1=CC=CC1.[V]. The molecule has 0 amide bonds. The van der Waals surface area contributed by atoms with Gasteiger partial charge in [0, 0.05) is 42.1 Å². The van der Waals surface area contributed by atoms with Crippen molar-refractivity contribution in [2.24, 2.45) is 0 Å². The molecule has 1 aliphatic carbocycles. The molecule has 0 spiro atoms. The summed E-state index contributed by atoms with van der Waals surface area (Å²) in [4.78, 5) is 0. The molecule has 0 fully saturated rings. The molecule has 0 unspecified atom stereocenters. The van der Waals surface area contributed by atoms with Crippen molar-refractivity contribution in [2.45, 2.75) is 13.3 Å². The van der Waals surface area contributed by atoms with Gasteiger partial charge < -0.3 is 0 Å². The zero-order valence-electron chi connectivity index (χ0n) is 8.90. The Bertz CT molecular complexity index is 335. The van der Waals surface area contributed by atoms with E-state index in [4.69, 9.17) is 23.6 Å². The summed E-state index contributed by atoms with van der Waals surface area (Å²) in [5.41, 5.74) is 1.98. The van der Waals surface area contributed by atoms with Crippen LogP contribution in [0.25, 0.3) is 0 Å². The number of benzene rings is 1. The van der Waals surface area contributed by atoms with E-state index in [1.54, 1.807) is 0 Å². The fourth-order valence-corrected chi connectivity index (χ4v) is 1.22. The molecule has 85 valence electrons. The monoisotopic (exact) mass is 291 g/mol. The number of anilines is 1. The first-order chi connectivity index (χ1) is 7.20. The molecule has 1 nitrogen and oxygen atoms in total. The molecule has 0 atom stereocenters. The summed E-state index contributed by atoms with van der Waals surface area (Å²) in [6, 6.07) is 7.62. The maximum Gasteiger partial charge on any atom is 0.0710 e. The van der Waals surface area contributed by atoms with E-state index in [-0.39, 0.29) is 18.6 Å². The van der Waals surface area contributed by atoms with Gasteiger partial charge in [0.15, 0.2) is 0 Å². The summed E-state index contributed by atoms with van der Waals surface area (Å²) >= 11 is 10.9. The van der Waals surface area contributed by atoms with Crippen LogP contribution < -0.4 is 3.94 Å². The molecule has 1 radical (unpaired) electrons. The summed E-state index contributed by atoms with van der Waals surface area (Å²) in [5.74, 6) is 0. The molecule has 0 aromatic heterocycles. The Balaban J connectivity index is 0.000000318. The van der Waals surface area contributed by atoms with E-state index in [0.29, 0.717) is 0 Å². The Morgan fingerprint density at radius 2 is 1.81 bits per heavy atom. The van der Waals surface area contributed by atoms with Crippen LogP contribution in [0, 0.1) is 13.0 Å². The zero-order valence-corrected chi connectivity index (χ0v) is 11.8. The molecule has 0 bridgehead atoms. The van der Waals surface area contributed by atoms with Gasteiger partial charge in [-0.15, -0.1) is 6.42 Å². The van der Waals surface area contributed by atoms with Gasteiger partial charge in [-0.05, 0) is 19.1 Å². The molecule has 1 aromatic rings. The van der Waals surface area contributed by atoms with Crippen molar-refractivity contribution in [2.75, 3.05) is 3.94 Å². The molecule has 0 N–H and O–H groups in total. The molecule has 4 heteroatoms. The number of rotatable bonds is 1. The third kappa shape index (κ3) is 6.29. The Morgan fingerprint density at radius 1 is 1.19 bits per heavy atom. The number of halogens is 2. The van der Waals surface area contributed by atoms with Crippen LogP contribution in [0.15, 0.2) is 42.5 Å². The van der Waals surface area contributed by atoms with Gasteiger partial charge >= 0.3 is 0 Å². The number of hydrogen-bond donors (Lipinski definition) is 0. The molecule has 0 saturated heterocycles. The predicted octanol–water partition coefficient (Wildman–Crippen LogP) is 4.41.